The van der Waals surface area contributed by atoms with E-state index in [9.17, 15) is 4.79 Å². The van der Waals surface area contributed by atoms with Crippen LogP contribution in [-0.2, 0) is 9.53 Å². The van der Waals surface area contributed by atoms with Crippen molar-refractivity contribution in [1.82, 2.24) is 0 Å². The van der Waals surface area contributed by atoms with Gasteiger partial charge in [-0.3, -0.25) is 4.79 Å². The SMILES string of the molecule is CCO[C@H]1CC(=O)[C@H]1C(=C(Cl)Cl)c1ccccc1. The molecule has 2 nitrogen and oxygen atoms in total. The summed E-state index contributed by atoms with van der Waals surface area (Å²) in [6.07, 6.45) is 0.334. The second-order valence-corrected chi connectivity index (χ2v) is 5.13. The van der Waals surface area contributed by atoms with E-state index < -0.39 is 0 Å². The minimum Gasteiger partial charge on any atom is -0.377 e. The molecule has 0 amide bonds. The molecule has 96 valence electrons. The van der Waals surface area contributed by atoms with Gasteiger partial charge < -0.3 is 4.74 Å². The van der Waals surface area contributed by atoms with Crippen LogP contribution in [0.25, 0.3) is 5.57 Å². The highest BCUT2D eigenvalue weighted by molar-refractivity contribution is 6.58. The van der Waals surface area contributed by atoms with Gasteiger partial charge in [0, 0.05) is 18.6 Å². The molecule has 1 aromatic rings. The van der Waals surface area contributed by atoms with E-state index in [1.54, 1.807) is 0 Å². The van der Waals surface area contributed by atoms with Gasteiger partial charge in [0.1, 0.15) is 10.3 Å². The molecule has 0 unspecified atom stereocenters. The van der Waals surface area contributed by atoms with Crippen LogP contribution in [0.1, 0.15) is 18.9 Å². The molecular formula is C14H14Cl2O2. The normalized spacial score (nSPS) is 22.5. The Balaban J connectivity index is 2.33. The topological polar surface area (TPSA) is 26.3 Å². The van der Waals surface area contributed by atoms with Crippen LogP contribution >= 0.6 is 23.2 Å². The van der Waals surface area contributed by atoms with Crippen LogP contribution < -0.4 is 0 Å². The van der Waals surface area contributed by atoms with Crippen LogP contribution in [0.5, 0.6) is 0 Å². The van der Waals surface area contributed by atoms with Crippen molar-refractivity contribution in [2.45, 2.75) is 19.4 Å². The van der Waals surface area contributed by atoms with E-state index in [4.69, 9.17) is 27.9 Å². The molecule has 2 atom stereocenters. The molecule has 4 heteroatoms. The summed E-state index contributed by atoms with van der Waals surface area (Å²) in [6, 6.07) is 9.49. The lowest BCUT2D eigenvalue weighted by Gasteiger charge is -2.36. The Bertz CT molecular complexity index is 464. The smallest absolute Gasteiger partial charge is 0.145 e. The minimum atomic E-state index is -0.336. The quantitative estimate of drug-likeness (QED) is 0.840. The van der Waals surface area contributed by atoms with Crippen LogP contribution in [-0.4, -0.2) is 18.5 Å². The summed E-state index contributed by atoms with van der Waals surface area (Å²) in [5.41, 5.74) is 1.55. The first kappa shape index (κ1) is 13.6. The van der Waals surface area contributed by atoms with E-state index in [2.05, 4.69) is 0 Å². The molecule has 1 saturated carbocycles. The number of carbonyl (C=O) groups excluding carboxylic acids is 1. The molecule has 0 spiro atoms. The second kappa shape index (κ2) is 5.87. The van der Waals surface area contributed by atoms with Gasteiger partial charge in [-0.25, -0.2) is 0 Å². The molecule has 1 fully saturated rings. The third-order valence-electron chi connectivity index (χ3n) is 3.10. The Morgan fingerprint density at radius 3 is 2.50 bits per heavy atom. The van der Waals surface area contributed by atoms with E-state index in [0.717, 1.165) is 5.56 Å². The number of ketones is 1. The Morgan fingerprint density at radius 2 is 2.00 bits per heavy atom. The maximum absolute atomic E-state index is 11.8. The summed E-state index contributed by atoms with van der Waals surface area (Å²) >= 11 is 11.9. The number of Topliss-reactive ketones (excluding diaryl/α,β-unsaturated/α-hetero) is 1. The first-order valence-corrected chi connectivity index (χ1v) is 6.65. The Kier molecular flexibility index (Phi) is 4.44. The average Bonchev–Trinajstić information content (AvgIpc) is 2.36. The van der Waals surface area contributed by atoms with Crippen molar-refractivity contribution >= 4 is 34.6 Å². The van der Waals surface area contributed by atoms with Crippen LogP contribution in [0.4, 0.5) is 0 Å². The van der Waals surface area contributed by atoms with E-state index in [0.29, 0.717) is 18.6 Å². The minimum absolute atomic E-state index is 0.106. The fraction of sp³-hybridized carbons (Fsp3) is 0.357. The summed E-state index contributed by atoms with van der Waals surface area (Å²) < 4.78 is 5.68. The van der Waals surface area contributed by atoms with Gasteiger partial charge in [-0.05, 0) is 12.5 Å². The number of carbonyl (C=O) groups is 1. The molecule has 0 radical (unpaired) electrons. The molecule has 0 saturated heterocycles. The summed E-state index contributed by atoms with van der Waals surface area (Å²) in [5.74, 6) is -0.205. The van der Waals surface area contributed by atoms with Gasteiger partial charge in [-0.1, -0.05) is 53.5 Å². The van der Waals surface area contributed by atoms with Crippen molar-refractivity contribution in [3.8, 4) is 0 Å². The second-order valence-electron chi connectivity index (χ2n) is 4.18. The summed E-state index contributed by atoms with van der Waals surface area (Å²) in [7, 11) is 0. The van der Waals surface area contributed by atoms with Gasteiger partial charge in [0.15, 0.2) is 0 Å². The van der Waals surface area contributed by atoms with Crippen molar-refractivity contribution in [1.29, 1.82) is 0 Å². The lowest BCUT2D eigenvalue weighted by Crippen LogP contribution is -2.44. The van der Waals surface area contributed by atoms with Gasteiger partial charge in [-0.2, -0.15) is 0 Å². The van der Waals surface area contributed by atoms with Crippen LogP contribution in [0.2, 0.25) is 0 Å². The van der Waals surface area contributed by atoms with Crippen molar-refractivity contribution in [3.63, 3.8) is 0 Å². The van der Waals surface area contributed by atoms with E-state index in [1.165, 1.54) is 0 Å². The third-order valence-corrected chi connectivity index (χ3v) is 3.51. The molecule has 0 aliphatic heterocycles. The maximum Gasteiger partial charge on any atom is 0.145 e. The molecule has 0 bridgehead atoms. The number of benzene rings is 1. The summed E-state index contributed by atoms with van der Waals surface area (Å²) in [4.78, 5) is 11.8. The fourth-order valence-corrected chi connectivity index (χ4v) is 2.68. The van der Waals surface area contributed by atoms with Crippen molar-refractivity contribution < 1.29 is 9.53 Å². The van der Waals surface area contributed by atoms with Gasteiger partial charge in [-0.15, -0.1) is 0 Å². The molecule has 1 aromatic carbocycles. The van der Waals surface area contributed by atoms with Gasteiger partial charge >= 0.3 is 0 Å². The standard InChI is InChI=1S/C14H14Cl2O2/c1-2-18-11-8-10(17)13(11)12(14(15)16)9-6-4-3-5-7-9/h3-7,11,13H,2,8H2,1H3/t11-,13+/m0/s1. The number of halogens is 2. The summed E-state index contributed by atoms with van der Waals surface area (Å²) in [5, 5.41) is 0. The van der Waals surface area contributed by atoms with Crippen molar-refractivity contribution in [3.05, 3.63) is 40.4 Å². The zero-order valence-corrected chi connectivity index (χ0v) is 11.5. The number of hydrogen-bond acceptors (Lipinski definition) is 2. The predicted molar refractivity (Wildman–Crippen MR) is 73.6 cm³/mol. The predicted octanol–water partition coefficient (Wildman–Crippen LogP) is 3.83. The zero-order valence-electron chi connectivity index (χ0n) is 10.0. The molecule has 18 heavy (non-hydrogen) atoms. The van der Waals surface area contributed by atoms with Gasteiger partial charge in [0.25, 0.3) is 0 Å². The van der Waals surface area contributed by atoms with E-state index in [-0.39, 0.29) is 22.3 Å². The lowest BCUT2D eigenvalue weighted by atomic mass is 9.73. The zero-order chi connectivity index (χ0) is 13.1. The van der Waals surface area contributed by atoms with Gasteiger partial charge in [0.05, 0.1) is 12.0 Å². The van der Waals surface area contributed by atoms with Crippen LogP contribution in [0.15, 0.2) is 34.8 Å². The monoisotopic (exact) mass is 284 g/mol. The van der Waals surface area contributed by atoms with Crippen LogP contribution in [0, 0.1) is 5.92 Å². The molecule has 1 aliphatic carbocycles. The first-order valence-electron chi connectivity index (χ1n) is 5.90. The lowest BCUT2D eigenvalue weighted by molar-refractivity contribution is -0.139. The summed E-state index contributed by atoms with van der Waals surface area (Å²) in [6.45, 7) is 2.49. The average molecular weight is 285 g/mol. The molecule has 0 aromatic heterocycles. The molecule has 0 heterocycles. The number of rotatable bonds is 4. The van der Waals surface area contributed by atoms with E-state index >= 15 is 0 Å². The van der Waals surface area contributed by atoms with E-state index in [1.807, 2.05) is 37.3 Å². The largest absolute Gasteiger partial charge is 0.377 e. The first-order chi connectivity index (χ1) is 8.65. The molecule has 2 rings (SSSR count). The number of ether oxygens (including phenoxy) is 1. The fourth-order valence-electron chi connectivity index (χ4n) is 2.23. The molecule has 0 N–H and O–H groups in total. The Hall–Kier alpha value is -0.830. The maximum atomic E-state index is 11.8. The van der Waals surface area contributed by atoms with Crippen LogP contribution in [0.3, 0.4) is 0 Å². The molecule has 1 aliphatic rings. The van der Waals surface area contributed by atoms with Crippen molar-refractivity contribution in [2.75, 3.05) is 6.61 Å². The molecular weight excluding hydrogens is 271 g/mol. The number of hydrogen-bond donors (Lipinski definition) is 0. The highest BCUT2D eigenvalue weighted by Crippen LogP contribution is 2.41. The third kappa shape index (κ3) is 2.61. The highest BCUT2D eigenvalue weighted by Gasteiger charge is 2.44. The van der Waals surface area contributed by atoms with Crippen molar-refractivity contribution in [2.24, 2.45) is 5.92 Å². The van der Waals surface area contributed by atoms with Gasteiger partial charge in [0.2, 0.25) is 0 Å². The Labute approximate surface area is 117 Å². The highest BCUT2D eigenvalue weighted by atomic mass is 35.5. The Morgan fingerprint density at radius 1 is 1.33 bits per heavy atom.